The molecule has 0 aliphatic carbocycles. The molecule has 0 aromatic heterocycles. The first-order valence-corrected chi connectivity index (χ1v) is 5.75. The smallest absolute Gasteiger partial charge is 0.308 e. The predicted molar refractivity (Wildman–Crippen MR) is 66.2 cm³/mol. The second kappa shape index (κ2) is 4.85. The number of aliphatic carboxylic acids is 1. The third-order valence-electron chi connectivity index (χ3n) is 2.91. The molecule has 2 rings (SSSR count). The van der Waals surface area contributed by atoms with Crippen LogP contribution in [0.3, 0.4) is 0 Å². The fourth-order valence-electron chi connectivity index (χ4n) is 1.93. The summed E-state index contributed by atoms with van der Waals surface area (Å²) in [6.45, 7) is -0.0327. The van der Waals surface area contributed by atoms with Crippen molar-refractivity contribution in [2.75, 3.05) is 11.4 Å². The van der Waals surface area contributed by atoms with E-state index in [1.165, 1.54) is 23.1 Å². The number of nitro groups is 1. The van der Waals surface area contributed by atoms with Crippen LogP contribution in [-0.2, 0) is 9.59 Å². The summed E-state index contributed by atoms with van der Waals surface area (Å²) in [4.78, 5) is 33.9. The molecule has 0 saturated carbocycles. The van der Waals surface area contributed by atoms with E-state index < -0.39 is 22.7 Å². The number of non-ortho nitro benzene ring substituents is 1. The molecule has 19 heavy (non-hydrogen) atoms. The van der Waals surface area contributed by atoms with E-state index in [0.717, 1.165) is 0 Å². The molecular formula is C11H9ClN2O5. The first-order chi connectivity index (χ1) is 8.90. The van der Waals surface area contributed by atoms with E-state index >= 15 is 0 Å². The highest BCUT2D eigenvalue weighted by Crippen LogP contribution is 2.34. The van der Waals surface area contributed by atoms with Crippen LogP contribution in [0, 0.1) is 16.0 Å². The van der Waals surface area contributed by atoms with Crippen molar-refractivity contribution in [3.63, 3.8) is 0 Å². The zero-order valence-electron chi connectivity index (χ0n) is 9.58. The van der Waals surface area contributed by atoms with Gasteiger partial charge in [-0.15, -0.1) is 0 Å². The van der Waals surface area contributed by atoms with E-state index in [0.29, 0.717) is 0 Å². The number of halogens is 1. The van der Waals surface area contributed by atoms with Gasteiger partial charge in [0.2, 0.25) is 5.91 Å². The van der Waals surface area contributed by atoms with Crippen LogP contribution in [0.2, 0.25) is 5.02 Å². The van der Waals surface area contributed by atoms with E-state index in [2.05, 4.69) is 0 Å². The van der Waals surface area contributed by atoms with Crippen molar-refractivity contribution < 1.29 is 19.6 Å². The second-order valence-electron chi connectivity index (χ2n) is 4.14. The molecule has 1 saturated heterocycles. The van der Waals surface area contributed by atoms with Gasteiger partial charge in [-0.05, 0) is 6.07 Å². The van der Waals surface area contributed by atoms with Gasteiger partial charge in [0.15, 0.2) is 0 Å². The third kappa shape index (κ3) is 2.50. The predicted octanol–water partition coefficient (Wildman–Crippen LogP) is 1.69. The largest absolute Gasteiger partial charge is 0.481 e. The number of anilines is 1. The maximum absolute atomic E-state index is 11.8. The molecule has 1 aromatic carbocycles. The molecular weight excluding hydrogens is 276 g/mol. The summed E-state index contributed by atoms with van der Waals surface area (Å²) in [7, 11) is 0. The Balaban J connectivity index is 2.36. The van der Waals surface area contributed by atoms with Gasteiger partial charge in [0, 0.05) is 25.1 Å². The number of amides is 1. The summed E-state index contributed by atoms with van der Waals surface area (Å²) in [5, 5.41) is 19.8. The lowest BCUT2D eigenvalue weighted by atomic mass is 10.1. The van der Waals surface area contributed by atoms with Crippen molar-refractivity contribution in [2.45, 2.75) is 6.42 Å². The van der Waals surface area contributed by atoms with Gasteiger partial charge in [0.25, 0.3) is 5.69 Å². The van der Waals surface area contributed by atoms with Gasteiger partial charge in [-0.1, -0.05) is 11.6 Å². The number of carboxylic acid groups (broad SMARTS) is 1. The number of nitrogens with zero attached hydrogens (tertiary/aromatic N) is 2. The van der Waals surface area contributed by atoms with Crippen molar-refractivity contribution in [1.29, 1.82) is 0 Å². The van der Waals surface area contributed by atoms with Crippen molar-refractivity contribution in [2.24, 2.45) is 5.92 Å². The summed E-state index contributed by atoms with van der Waals surface area (Å²) in [5.74, 6) is -2.30. The standard InChI is InChI=1S/C11H9ClN2O5/c12-8-2-1-7(14(18)19)4-9(8)13-5-6(11(16)17)3-10(13)15/h1-2,4,6H,3,5H2,(H,16,17). The number of carbonyl (C=O) groups is 2. The number of hydrogen-bond donors (Lipinski definition) is 1. The Morgan fingerprint density at radius 2 is 2.21 bits per heavy atom. The van der Waals surface area contributed by atoms with Crippen LogP contribution >= 0.6 is 11.6 Å². The molecule has 1 aliphatic heterocycles. The average molecular weight is 285 g/mol. The van der Waals surface area contributed by atoms with Crippen molar-refractivity contribution >= 4 is 34.9 Å². The second-order valence-corrected chi connectivity index (χ2v) is 4.54. The highest BCUT2D eigenvalue weighted by Gasteiger charge is 2.36. The lowest BCUT2D eigenvalue weighted by Crippen LogP contribution is -2.26. The third-order valence-corrected chi connectivity index (χ3v) is 3.23. The summed E-state index contributed by atoms with van der Waals surface area (Å²) >= 11 is 5.91. The minimum absolute atomic E-state index is 0.0327. The van der Waals surface area contributed by atoms with E-state index in [9.17, 15) is 19.7 Å². The highest BCUT2D eigenvalue weighted by molar-refractivity contribution is 6.34. The number of benzene rings is 1. The molecule has 100 valence electrons. The SMILES string of the molecule is O=C(O)C1CC(=O)N(c2cc([N+](=O)[O-])ccc2Cl)C1. The Bertz CT molecular complexity index is 574. The van der Waals surface area contributed by atoms with E-state index in [1.54, 1.807) is 0 Å². The van der Waals surface area contributed by atoms with Gasteiger partial charge < -0.3 is 10.0 Å². The van der Waals surface area contributed by atoms with Gasteiger partial charge in [-0.25, -0.2) is 0 Å². The number of rotatable bonds is 3. The maximum atomic E-state index is 11.8. The van der Waals surface area contributed by atoms with E-state index in [1.807, 2.05) is 0 Å². The van der Waals surface area contributed by atoms with Crippen LogP contribution in [0.25, 0.3) is 0 Å². The summed E-state index contributed by atoms with van der Waals surface area (Å²) in [6, 6.07) is 3.71. The van der Waals surface area contributed by atoms with Crippen molar-refractivity contribution in [3.8, 4) is 0 Å². The first-order valence-electron chi connectivity index (χ1n) is 5.37. The van der Waals surface area contributed by atoms with Crippen LogP contribution < -0.4 is 4.90 Å². The van der Waals surface area contributed by atoms with E-state index in [-0.39, 0.29) is 29.4 Å². The molecule has 1 aliphatic rings. The monoisotopic (exact) mass is 284 g/mol. The lowest BCUT2D eigenvalue weighted by Gasteiger charge is -2.17. The lowest BCUT2D eigenvalue weighted by molar-refractivity contribution is -0.384. The Morgan fingerprint density at radius 3 is 2.74 bits per heavy atom. The van der Waals surface area contributed by atoms with Crippen LogP contribution in [0.15, 0.2) is 18.2 Å². The molecule has 1 aromatic rings. The Labute approximate surface area is 112 Å². The molecule has 1 atom stereocenters. The molecule has 1 heterocycles. The van der Waals surface area contributed by atoms with Gasteiger partial charge in [-0.2, -0.15) is 0 Å². The Hall–Kier alpha value is -2.15. The topological polar surface area (TPSA) is 101 Å². The van der Waals surface area contributed by atoms with E-state index in [4.69, 9.17) is 16.7 Å². The minimum atomic E-state index is -1.07. The van der Waals surface area contributed by atoms with Crippen LogP contribution in [0.1, 0.15) is 6.42 Å². The number of hydrogen-bond acceptors (Lipinski definition) is 4. The molecule has 1 unspecified atom stereocenters. The molecule has 0 spiro atoms. The fourth-order valence-corrected chi connectivity index (χ4v) is 2.15. The Morgan fingerprint density at radius 1 is 1.53 bits per heavy atom. The highest BCUT2D eigenvalue weighted by atomic mass is 35.5. The maximum Gasteiger partial charge on any atom is 0.308 e. The van der Waals surface area contributed by atoms with Gasteiger partial charge >= 0.3 is 5.97 Å². The summed E-state index contributed by atoms with van der Waals surface area (Å²) in [6.07, 6.45) is -0.131. The molecule has 0 radical (unpaired) electrons. The zero-order chi connectivity index (χ0) is 14.2. The number of carbonyl (C=O) groups excluding carboxylic acids is 1. The first kappa shape index (κ1) is 13.3. The van der Waals surface area contributed by atoms with Gasteiger partial charge in [-0.3, -0.25) is 19.7 Å². The average Bonchev–Trinajstić information content (AvgIpc) is 2.72. The molecule has 1 fully saturated rings. The minimum Gasteiger partial charge on any atom is -0.481 e. The molecule has 8 heteroatoms. The van der Waals surface area contributed by atoms with Crippen LogP contribution in [0.5, 0.6) is 0 Å². The van der Waals surface area contributed by atoms with Gasteiger partial charge in [0.1, 0.15) is 0 Å². The Kier molecular flexibility index (Phi) is 3.39. The van der Waals surface area contributed by atoms with Crippen LogP contribution in [-0.4, -0.2) is 28.5 Å². The fraction of sp³-hybridized carbons (Fsp3) is 0.273. The molecule has 7 nitrogen and oxygen atoms in total. The zero-order valence-corrected chi connectivity index (χ0v) is 10.3. The quantitative estimate of drug-likeness (QED) is 0.672. The van der Waals surface area contributed by atoms with Crippen LogP contribution in [0.4, 0.5) is 11.4 Å². The molecule has 1 amide bonds. The van der Waals surface area contributed by atoms with Crippen molar-refractivity contribution in [3.05, 3.63) is 33.3 Å². The normalized spacial score (nSPS) is 18.7. The number of nitro benzene ring substituents is 1. The molecule has 1 N–H and O–H groups in total. The van der Waals surface area contributed by atoms with Crippen molar-refractivity contribution in [1.82, 2.24) is 0 Å². The summed E-state index contributed by atoms with van der Waals surface area (Å²) < 4.78 is 0. The number of carboxylic acids is 1. The molecule has 0 bridgehead atoms. The summed E-state index contributed by atoms with van der Waals surface area (Å²) in [5.41, 5.74) is -0.0319. The van der Waals surface area contributed by atoms with Gasteiger partial charge in [0.05, 0.1) is 21.6 Å².